The molecule has 0 unspecified atom stereocenters. The minimum absolute atomic E-state index is 0.0758. The smallest absolute Gasteiger partial charge is 0.171 e. The van der Waals surface area contributed by atoms with Crippen LogP contribution in [0.15, 0.2) is 54.8 Å². The first kappa shape index (κ1) is 16.3. The predicted octanol–water partition coefficient (Wildman–Crippen LogP) is 4.11. The van der Waals surface area contributed by atoms with Crippen LogP contribution in [0.3, 0.4) is 0 Å². The molecular weight excluding hydrogens is 348 g/mol. The van der Waals surface area contributed by atoms with Crippen molar-refractivity contribution < 1.29 is 18.9 Å². The first-order valence-electron chi connectivity index (χ1n) is 6.83. The van der Waals surface area contributed by atoms with Gasteiger partial charge in [-0.1, -0.05) is 10.3 Å². The van der Waals surface area contributed by atoms with E-state index in [1.165, 1.54) is 0 Å². The van der Waals surface area contributed by atoms with Gasteiger partial charge in [0, 0.05) is 34.0 Å². The third-order valence-corrected chi connectivity index (χ3v) is 4.35. The van der Waals surface area contributed by atoms with Gasteiger partial charge in [0.25, 0.3) is 0 Å². The summed E-state index contributed by atoms with van der Waals surface area (Å²) in [5, 5.41) is 23.8. The van der Waals surface area contributed by atoms with Gasteiger partial charge >= 0.3 is 0 Å². The fraction of sp³-hybridized carbons (Fsp3) is 0.0625. The van der Waals surface area contributed by atoms with Gasteiger partial charge in [-0.25, -0.2) is 0 Å². The van der Waals surface area contributed by atoms with E-state index in [0.29, 0.717) is 29.2 Å². The molecule has 0 saturated carbocycles. The standard InChI is InChI=1S/C8H7NO2S.C8H5NO2S/c2*10-4-7-3-8(11-9-7)6-1-2-12-5-6/h1-3,5,10H,4H2;1-5H. The maximum Gasteiger partial charge on any atom is 0.171 e. The van der Waals surface area contributed by atoms with E-state index in [9.17, 15) is 4.79 Å². The van der Waals surface area contributed by atoms with Crippen LogP contribution >= 0.6 is 22.7 Å². The van der Waals surface area contributed by atoms with Crippen LogP contribution in [0, 0.1) is 0 Å². The van der Waals surface area contributed by atoms with E-state index < -0.39 is 0 Å². The number of hydrogen-bond donors (Lipinski definition) is 1. The first-order valence-corrected chi connectivity index (χ1v) is 8.72. The second-order valence-corrected chi connectivity index (χ2v) is 6.16. The molecule has 4 aromatic rings. The Labute approximate surface area is 145 Å². The average molecular weight is 360 g/mol. The summed E-state index contributed by atoms with van der Waals surface area (Å²) in [6.07, 6.45) is 0.666. The summed E-state index contributed by atoms with van der Waals surface area (Å²) in [5.74, 6) is 1.35. The van der Waals surface area contributed by atoms with Crippen LogP contribution in [-0.4, -0.2) is 21.7 Å². The lowest BCUT2D eigenvalue weighted by atomic mass is 10.2. The van der Waals surface area contributed by atoms with Gasteiger partial charge < -0.3 is 14.2 Å². The van der Waals surface area contributed by atoms with Gasteiger partial charge in [0.1, 0.15) is 11.4 Å². The van der Waals surface area contributed by atoms with Crippen LogP contribution in [-0.2, 0) is 6.61 Å². The highest BCUT2D eigenvalue weighted by Crippen LogP contribution is 2.23. The molecular formula is C16H12N2O4S2. The summed E-state index contributed by atoms with van der Waals surface area (Å²) in [6, 6.07) is 7.23. The lowest BCUT2D eigenvalue weighted by Crippen LogP contribution is -1.78. The molecule has 0 fully saturated rings. The van der Waals surface area contributed by atoms with Gasteiger partial charge in [0.15, 0.2) is 17.8 Å². The third kappa shape index (κ3) is 3.85. The molecule has 0 aromatic carbocycles. The van der Waals surface area contributed by atoms with Crippen LogP contribution in [0.4, 0.5) is 0 Å². The summed E-state index contributed by atoms with van der Waals surface area (Å²) >= 11 is 3.18. The molecule has 0 atom stereocenters. The summed E-state index contributed by atoms with van der Waals surface area (Å²) in [4.78, 5) is 10.3. The Morgan fingerprint density at radius 3 is 2.08 bits per heavy atom. The second-order valence-electron chi connectivity index (χ2n) is 4.60. The van der Waals surface area contributed by atoms with E-state index >= 15 is 0 Å². The van der Waals surface area contributed by atoms with Crippen molar-refractivity contribution in [3.63, 3.8) is 0 Å². The molecule has 6 nitrogen and oxygen atoms in total. The maximum absolute atomic E-state index is 10.3. The number of aliphatic hydroxyl groups excluding tert-OH is 1. The fourth-order valence-electron chi connectivity index (χ4n) is 1.81. The van der Waals surface area contributed by atoms with Crippen LogP contribution in [0.25, 0.3) is 22.6 Å². The summed E-state index contributed by atoms with van der Waals surface area (Å²) in [7, 11) is 0. The zero-order valence-corrected chi connectivity index (χ0v) is 13.9. The minimum atomic E-state index is -0.0758. The Bertz CT molecular complexity index is 879. The van der Waals surface area contributed by atoms with E-state index in [4.69, 9.17) is 14.2 Å². The number of rotatable bonds is 4. The van der Waals surface area contributed by atoms with Crippen molar-refractivity contribution in [3.05, 3.63) is 57.2 Å². The number of hydrogen-bond acceptors (Lipinski definition) is 8. The molecule has 1 N–H and O–H groups in total. The van der Waals surface area contributed by atoms with Crippen LogP contribution in [0.2, 0.25) is 0 Å². The second kappa shape index (κ2) is 7.82. The number of thiophene rings is 2. The van der Waals surface area contributed by atoms with Crippen molar-refractivity contribution in [2.75, 3.05) is 0 Å². The highest BCUT2D eigenvalue weighted by Gasteiger charge is 2.06. The molecule has 24 heavy (non-hydrogen) atoms. The zero-order valence-electron chi connectivity index (χ0n) is 12.3. The van der Waals surface area contributed by atoms with Crippen molar-refractivity contribution >= 4 is 29.0 Å². The Morgan fingerprint density at radius 1 is 1.00 bits per heavy atom. The molecule has 0 aliphatic heterocycles. The molecule has 0 bridgehead atoms. The molecule has 0 aliphatic carbocycles. The lowest BCUT2D eigenvalue weighted by molar-refractivity contribution is 0.111. The van der Waals surface area contributed by atoms with Crippen molar-refractivity contribution in [1.82, 2.24) is 10.3 Å². The van der Waals surface area contributed by atoms with Gasteiger partial charge in [-0.2, -0.15) is 22.7 Å². The SMILES string of the molecule is O=Cc1cc(-c2ccsc2)on1.OCc1cc(-c2ccsc2)on1. The molecule has 4 rings (SSSR count). The van der Waals surface area contributed by atoms with Gasteiger partial charge in [-0.15, -0.1) is 0 Å². The summed E-state index contributed by atoms with van der Waals surface area (Å²) in [6.45, 7) is -0.0758. The summed E-state index contributed by atoms with van der Waals surface area (Å²) < 4.78 is 9.92. The van der Waals surface area contributed by atoms with E-state index in [1.54, 1.807) is 34.8 Å². The monoisotopic (exact) mass is 360 g/mol. The normalized spacial score (nSPS) is 10.2. The summed E-state index contributed by atoms with van der Waals surface area (Å²) in [5.41, 5.74) is 2.86. The molecule has 0 spiro atoms. The van der Waals surface area contributed by atoms with Crippen molar-refractivity contribution in [2.45, 2.75) is 6.61 Å². The molecule has 8 heteroatoms. The van der Waals surface area contributed by atoms with Gasteiger partial charge in [-0.05, 0) is 22.9 Å². The van der Waals surface area contributed by atoms with Crippen LogP contribution in [0.1, 0.15) is 16.2 Å². The quantitative estimate of drug-likeness (QED) is 0.551. The van der Waals surface area contributed by atoms with Crippen LogP contribution in [0.5, 0.6) is 0 Å². The van der Waals surface area contributed by atoms with Crippen molar-refractivity contribution in [2.24, 2.45) is 0 Å². The number of aromatic nitrogens is 2. The third-order valence-electron chi connectivity index (χ3n) is 2.98. The number of carbonyl (C=O) groups is 1. The predicted molar refractivity (Wildman–Crippen MR) is 90.9 cm³/mol. The minimum Gasteiger partial charge on any atom is -0.390 e. The Balaban J connectivity index is 0.000000141. The van der Waals surface area contributed by atoms with E-state index in [1.807, 2.05) is 33.7 Å². The van der Waals surface area contributed by atoms with Gasteiger partial charge in [0.05, 0.1) is 6.61 Å². The largest absolute Gasteiger partial charge is 0.390 e. The Hall–Kier alpha value is -2.55. The molecule has 122 valence electrons. The molecule has 0 aliphatic rings. The van der Waals surface area contributed by atoms with Gasteiger partial charge in [0.2, 0.25) is 0 Å². The Morgan fingerprint density at radius 2 is 1.62 bits per heavy atom. The van der Waals surface area contributed by atoms with Gasteiger partial charge in [-0.3, -0.25) is 4.79 Å². The molecule has 4 heterocycles. The topological polar surface area (TPSA) is 89.4 Å². The lowest BCUT2D eigenvalue weighted by Gasteiger charge is -1.83. The number of aliphatic hydroxyl groups is 1. The highest BCUT2D eigenvalue weighted by molar-refractivity contribution is 7.08. The fourth-order valence-corrected chi connectivity index (χ4v) is 3.10. The zero-order chi connectivity index (χ0) is 16.8. The van der Waals surface area contributed by atoms with E-state index in [-0.39, 0.29) is 6.61 Å². The average Bonchev–Trinajstić information content (AvgIpc) is 3.43. The highest BCUT2D eigenvalue weighted by atomic mass is 32.1. The molecule has 0 radical (unpaired) electrons. The van der Waals surface area contributed by atoms with Crippen LogP contribution < -0.4 is 0 Å². The van der Waals surface area contributed by atoms with Crippen molar-refractivity contribution in [1.29, 1.82) is 0 Å². The van der Waals surface area contributed by atoms with Crippen molar-refractivity contribution in [3.8, 4) is 22.6 Å². The number of aldehydes is 1. The number of carbonyl (C=O) groups excluding carboxylic acids is 1. The molecule has 4 aromatic heterocycles. The molecule has 0 amide bonds. The molecule has 0 saturated heterocycles. The first-order chi connectivity index (χ1) is 11.8. The maximum atomic E-state index is 10.3. The Kier molecular flexibility index (Phi) is 5.32. The van der Waals surface area contributed by atoms with E-state index in [2.05, 4.69) is 10.3 Å². The number of nitrogens with zero attached hydrogens (tertiary/aromatic N) is 2. The van der Waals surface area contributed by atoms with E-state index in [0.717, 1.165) is 11.1 Å².